The fraction of sp³-hybridized carbons (Fsp3) is 0.242. The van der Waals surface area contributed by atoms with Crippen molar-refractivity contribution in [3.63, 3.8) is 0 Å². The second kappa shape index (κ2) is 12.2. The molecule has 0 radical (unpaired) electrons. The monoisotopic (exact) mass is 542 g/mol. The van der Waals surface area contributed by atoms with Gasteiger partial charge < -0.3 is 20.0 Å². The van der Waals surface area contributed by atoms with E-state index in [4.69, 9.17) is 0 Å². The highest BCUT2D eigenvalue weighted by Gasteiger charge is 2.47. The van der Waals surface area contributed by atoms with Gasteiger partial charge in [0.05, 0.1) is 12.1 Å². The normalized spacial score (nSPS) is 18.6. The molecule has 1 fully saturated rings. The first-order valence-electron chi connectivity index (χ1n) is 13.4. The zero-order chi connectivity index (χ0) is 28.1. The zero-order valence-electron chi connectivity index (χ0n) is 22.0. The molecule has 4 atom stereocenters. The van der Waals surface area contributed by atoms with Crippen LogP contribution in [0.25, 0.3) is 0 Å². The highest BCUT2D eigenvalue weighted by Crippen LogP contribution is 2.39. The van der Waals surface area contributed by atoms with E-state index in [0.717, 1.165) is 0 Å². The Morgan fingerprint density at radius 3 is 1.38 bits per heavy atom. The van der Waals surface area contributed by atoms with Gasteiger partial charge in [0, 0.05) is 25.9 Å². The number of halogens is 2. The molecule has 1 saturated heterocycles. The van der Waals surface area contributed by atoms with Crippen molar-refractivity contribution in [3.8, 4) is 11.5 Å². The van der Waals surface area contributed by atoms with E-state index in [2.05, 4.69) is 0 Å². The summed E-state index contributed by atoms with van der Waals surface area (Å²) in [6, 6.07) is 29.1. The number of nitrogens with zero attached hydrogens (tertiary/aromatic N) is 2. The van der Waals surface area contributed by atoms with E-state index in [1.807, 2.05) is 12.1 Å². The minimum absolute atomic E-state index is 0.0166. The third-order valence-electron chi connectivity index (χ3n) is 7.48. The second-order valence-corrected chi connectivity index (χ2v) is 10.2. The Hall–Kier alpha value is -4.39. The smallest absolute Gasteiger partial charge is 0.321 e. The fourth-order valence-electron chi connectivity index (χ4n) is 5.53. The van der Waals surface area contributed by atoms with Gasteiger partial charge in [0.25, 0.3) is 0 Å². The Morgan fingerprint density at radius 1 is 0.600 bits per heavy atom. The van der Waals surface area contributed by atoms with Gasteiger partial charge in [-0.3, -0.25) is 0 Å². The summed E-state index contributed by atoms with van der Waals surface area (Å²) >= 11 is 0. The van der Waals surface area contributed by atoms with E-state index in [9.17, 15) is 15.0 Å². The van der Waals surface area contributed by atoms with E-state index in [-0.39, 0.29) is 43.5 Å². The molecule has 0 aliphatic carbocycles. The van der Waals surface area contributed by atoms with Gasteiger partial charge >= 0.3 is 6.03 Å². The molecule has 1 heterocycles. The number of urea groups is 1. The van der Waals surface area contributed by atoms with Crippen molar-refractivity contribution < 1.29 is 23.8 Å². The Bertz CT molecular complexity index is 1310. The van der Waals surface area contributed by atoms with Gasteiger partial charge in [0.2, 0.25) is 0 Å². The number of hydrogen-bond acceptors (Lipinski definition) is 3. The number of aromatic hydroxyl groups is 2. The van der Waals surface area contributed by atoms with E-state index in [0.29, 0.717) is 22.3 Å². The van der Waals surface area contributed by atoms with Crippen molar-refractivity contribution in [2.75, 3.05) is 0 Å². The number of carbonyl (C=O) groups is 1. The summed E-state index contributed by atoms with van der Waals surface area (Å²) in [4.78, 5) is 17.2. The molecule has 5 rings (SSSR count). The van der Waals surface area contributed by atoms with Crippen LogP contribution in [-0.2, 0) is 13.1 Å². The molecule has 7 heteroatoms. The summed E-state index contributed by atoms with van der Waals surface area (Å²) in [5.41, 5.74) is 2.37. The summed E-state index contributed by atoms with van der Waals surface area (Å²) in [5.74, 6) is 0.129. The van der Waals surface area contributed by atoms with E-state index in [1.54, 1.807) is 107 Å². The molecule has 4 aromatic rings. The van der Waals surface area contributed by atoms with Crippen LogP contribution in [0.1, 0.15) is 47.4 Å². The topological polar surface area (TPSA) is 64.0 Å². The summed E-state index contributed by atoms with van der Waals surface area (Å²) in [7, 11) is 0. The zero-order valence-corrected chi connectivity index (χ0v) is 22.0. The lowest BCUT2D eigenvalue weighted by molar-refractivity contribution is 0.157. The standard InChI is InChI=1S/C33H32F2N2O3/c34-29(25-11-3-1-4-12-25)19-31-32(20-30(35)26-13-5-2-6-14-26)37(22-24-10-8-16-28(39)18-24)33(40)36(31)21-23-9-7-15-27(38)17-23/h1-18,29-32,38-39H,19-22H2. The predicted octanol–water partition coefficient (Wildman–Crippen LogP) is 7.47. The lowest BCUT2D eigenvalue weighted by Crippen LogP contribution is -2.39. The Balaban J connectivity index is 1.52. The maximum absolute atomic E-state index is 15.8. The van der Waals surface area contributed by atoms with Gasteiger partial charge in [0.15, 0.2) is 0 Å². The average molecular weight is 543 g/mol. The van der Waals surface area contributed by atoms with Gasteiger partial charge in [-0.15, -0.1) is 0 Å². The number of rotatable bonds is 10. The van der Waals surface area contributed by atoms with E-state index in [1.165, 1.54) is 0 Å². The number of phenols is 2. The summed E-state index contributed by atoms with van der Waals surface area (Å²) < 4.78 is 31.6. The molecule has 206 valence electrons. The first kappa shape index (κ1) is 27.2. The third-order valence-corrected chi connectivity index (χ3v) is 7.48. The second-order valence-electron chi connectivity index (χ2n) is 10.2. The van der Waals surface area contributed by atoms with Crippen molar-refractivity contribution in [1.82, 2.24) is 9.80 Å². The minimum Gasteiger partial charge on any atom is -0.508 e. The maximum Gasteiger partial charge on any atom is 0.321 e. The molecule has 2 N–H and O–H groups in total. The van der Waals surface area contributed by atoms with E-state index < -0.39 is 24.4 Å². The van der Waals surface area contributed by atoms with Crippen molar-refractivity contribution in [2.45, 2.75) is 50.4 Å². The van der Waals surface area contributed by atoms with Crippen LogP contribution in [0.15, 0.2) is 109 Å². The van der Waals surface area contributed by atoms with Crippen LogP contribution in [0.2, 0.25) is 0 Å². The van der Waals surface area contributed by atoms with Crippen LogP contribution in [0.5, 0.6) is 11.5 Å². The van der Waals surface area contributed by atoms with Gasteiger partial charge in [0.1, 0.15) is 23.8 Å². The van der Waals surface area contributed by atoms with Crippen LogP contribution in [0.4, 0.5) is 13.6 Å². The number of amides is 2. The van der Waals surface area contributed by atoms with Gasteiger partial charge in [-0.2, -0.15) is 0 Å². The highest BCUT2D eigenvalue weighted by atomic mass is 19.1. The molecule has 1 aliphatic rings. The molecule has 0 bridgehead atoms. The van der Waals surface area contributed by atoms with Crippen molar-refractivity contribution in [3.05, 3.63) is 131 Å². The highest BCUT2D eigenvalue weighted by molar-refractivity contribution is 5.78. The van der Waals surface area contributed by atoms with Crippen molar-refractivity contribution in [2.24, 2.45) is 0 Å². The molecule has 4 unspecified atom stereocenters. The molecular weight excluding hydrogens is 510 g/mol. The first-order chi connectivity index (χ1) is 19.4. The SMILES string of the molecule is O=C1N(Cc2cccc(O)c2)C(CC(F)c2ccccc2)C(CC(F)c2ccccc2)N1Cc1cccc(O)c1. The molecule has 4 aromatic carbocycles. The molecule has 0 spiro atoms. The van der Waals surface area contributed by atoms with Crippen LogP contribution >= 0.6 is 0 Å². The van der Waals surface area contributed by atoms with Crippen molar-refractivity contribution >= 4 is 6.03 Å². The van der Waals surface area contributed by atoms with Gasteiger partial charge in [-0.05, 0) is 46.5 Å². The first-order valence-corrected chi connectivity index (χ1v) is 13.4. The molecule has 2 amide bonds. The van der Waals surface area contributed by atoms with Crippen LogP contribution in [0.3, 0.4) is 0 Å². The predicted molar refractivity (Wildman–Crippen MR) is 150 cm³/mol. The Morgan fingerprint density at radius 2 is 1.00 bits per heavy atom. The van der Waals surface area contributed by atoms with E-state index >= 15 is 8.78 Å². The molecule has 0 saturated carbocycles. The maximum atomic E-state index is 15.8. The van der Waals surface area contributed by atoms with Crippen LogP contribution < -0.4 is 0 Å². The molecule has 0 aromatic heterocycles. The third kappa shape index (κ3) is 6.25. The summed E-state index contributed by atoms with van der Waals surface area (Å²) in [6.07, 6.45) is -2.78. The number of alkyl halides is 2. The number of hydrogen-bond donors (Lipinski definition) is 2. The number of benzene rings is 4. The number of phenolic OH excluding ortho intramolecular Hbond substituents is 2. The minimum atomic E-state index is -1.37. The molecule has 5 nitrogen and oxygen atoms in total. The summed E-state index contributed by atoms with van der Waals surface area (Å²) in [6.45, 7) is 0.267. The lowest BCUT2D eigenvalue weighted by Gasteiger charge is -2.30. The van der Waals surface area contributed by atoms with Gasteiger partial charge in [-0.1, -0.05) is 84.9 Å². The lowest BCUT2D eigenvalue weighted by atomic mass is 9.92. The van der Waals surface area contributed by atoms with Crippen LogP contribution in [0, 0.1) is 0 Å². The Kier molecular flexibility index (Phi) is 8.29. The average Bonchev–Trinajstić information content (AvgIpc) is 3.18. The van der Waals surface area contributed by atoms with Gasteiger partial charge in [-0.25, -0.2) is 13.6 Å². The molecule has 40 heavy (non-hydrogen) atoms. The van der Waals surface area contributed by atoms with Crippen LogP contribution in [-0.4, -0.2) is 38.1 Å². The number of carbonyl (C=O) groups excluding carboxylic acids is 1. The molecule has 1 aliphatic heterocycles. The quantitative estimate of drug-likeness (QED) is 0.218. The molecular formula is C33H32F2N2O3. The summed E-state index contributed by atoms with van der Waals surface area (Å²) in [5, 5.41) is 20.1. The largest absolute Gasteiger partial charge is 0.508 e. The Labute approximate surface area is 232 Å². The van der Waals surface area contributed by atoms with Crippen molar-refractivity contribution in [1.29, 1.82) is 0 Å². The fourth-order valence-corrected chi connectivity index (χ4v) is 5.53.